The van der Waals surface area contributed by atoms with E-state index in [0.29, 0.717) is 6.42 Å². The first-order valence-electron chi connectivity index (χ1n) is 4.47. The average Bonchev–Trinajstić information content (AvgIpc) is 2.70. The van der Waals surface area contributed by atoms with E-state index >= 15 is 0 Å². The van der Waals surface area contributed by atoms with Gasteiger partial charge in [0.2, 0.25) is 0 Å². The Morgan fingerprint density at radius 2 is 2.33 bits per heavy atom. The second kappa shape index (κ2) is 5.50. The predicted molar refractivity (Wildman–Crippen MR) is 55.8 cm³/mol. The van der Waals surface area contributed by atoms with Crippen LogP contribution in [0.15, 0.2) is 16.8 Å². The highest BCUT2D eigenvalue weighted by molar-refractivity contribution is 7.07. The van der Waals surface area contributed by atoms with Crippen molar-refractivity contribution in [1.82, 2.24) is 0 Å². The molecule has 0 spiro atoms. The first-order valence-corrected chi connectivity index (χ1v) is 5.41. The van der Waals surface area contributed by atoms with Gasteiger partial charge < -0.3 is 9.84 Å². The number of carboxylic acid groups (broad SMARTS) is 1. The number of thiophene rings is 1. The van der Waals surface area contributed by atoms with E-state index in [-0.39, 0.29) is 6.42 Å². The van der Waals surface area contributed by atoms with Crippen molar-refractivity contribution in [3.05, 3.63) is 22.4 Å². The number of ether oxygens (including phenoxy) is 1. The lowest BCUT2D eigenvalue weighted by Gasteiger charge is -2.08. The molecule has 0 radical (unpaired) electrons. The minimum atomic E-state index is -1.13. The molecule has 15 heavy (non-hydrogen) atoms. The van der Waals surface area contributed by atoms with Gasteiger partial charge in [0.05, 0.1) is 7.11 Å². The number of hydrogen-bond donors (Lipinski definition) is 1. The van der Waals surface area contributed by atoms with Crippen LogP contribution in [0.1, 0.15) is 12.0 Å². The van der Waals surface area contributed by atoms with Crippen LogP contribution >= 0.6 is 11.3 Å². The Hall–Kier alpha value is -1.36. The van der Waals surface area contributed by atoms with Crippen LogP contribution in [0.2, 0.25) is 0 Å². The third kappa shape index (κ3) is 3.36. The van der Waals surface area contributed by atoms with E-state index < -0.39 is 17.9 Å². The zero-order valence-corrected chi connectivity index (χ0v) is 9.12. The van der Waals surface area contributed by atoms with Crippen LogP contribution in [-0.2, 0) is 20.7 Å². The third-order valence-electron chi connectivity index (χ3n) is 2.09. The minimum Gasteiger partial charge on any atom is -0.481 e. The molecule has 0 saturated heterocycles. The number of esters is 1. The van der Waals surface area contributed by atoms with Crippen LogP contribution in [0.4, 0.5) is 0 Å². The molecular weight excluding hydrogens is 216 g/mol. The van der Waals surface area contributed by atoms with Crippen molar-refractivity contribution in [2.75, 3.05) is 7.11 Å². The number of carbonyl (C=O) groups is 2. The highest BCUT2D eigenvalue weighted by Gasteiger charge is 2.26. The van der Waals surface area contributed by atoms with E-state index in [2.05, 4.69) is 4.74 Å². The summed E-state index contributed by atoms with van der Waals surface area (Å²) in [6, 6.07) is 1.92. The molecule has 0 fully saturated rings. The Labute approximate surface area is 91.5 Å². The van der Waals surface area contributed by atoms with Crippen LogP contribution in [0, 0.1) is 5.92 Å². The number of rotatable bonds is 5. The normalized spacial score (nSPS) is 12.1. The first-order chi connectivity index (χ1) is 7.15. The molecule has 1 aromatic heterocycles. The van der Waals surface area contributed by atoms with Crippen LogP contribution in [-0.4, -0.2) is 24.2 Å². The molecular formula is C10H12O4S. The maximum Gasteiger partial charge on any atom is 0.320 e. The van der Waals surface area contributed by atoms with Crippen molar-refractivity contribution in [3.63, 3.8) is 0 Å². The molecule has 0 aliphatic carbocycles. The summed E-state index contributed by atoms with van der Waals surface area (Å²) in [6.07, 6.45) is 0.855. The summed E-state index contributed by atoms with van der Waals surface area (Å²) in [7, 11) is 1.20. The lowest BCUT2D eigenvalue weighted by molar-refractivity contribution is -0.156. The summed E-state index contributed by atoms with van der Waals surface area (Å²) < 4.78 is 4.43. The number of carbonyl (C=O) groups excluding carboxylic acids is 1. The second-order valence-corrected chi connectivity index (χ2v) is 3.86. The molecule has 0 aliphatic rings. The zero-order valence-electron chi connectivity index (χ0n) is 8.30. The van der Waals surface area contributed by atoms with E-state index in [4.69, 9.17) is 5.11 Å². The van der Waals surface area contributed by atoms with Gasteiger partial charge in [0.25, 0.3) is 0 Å². The minimum absolute atomic E-state index is 0.277. The van der Waals surface area contributed by atoms with Gasteiger partial charge in [-0.2, -0.15) is 11.3 Å². The van der Waals surface area contributed by atoms with E-state index in [1.165, 1.54) is 7.11 Å². The van der Waals surface area contributed by atoms with Crippen molar-refractivity contribution in [2.45, 2.75) is 12.8 Å². The van der Waals surface area contributed by atoms with Gasteiger partial charge in [0, 0.05) is 0 Å². The summed E-state index contributed by atoms with van der Waals surface area (Å²) in [4.78, 5) is 21.9. The molecule has 1 atom stereocenters. The summed E-state index contributed by atoms with van der Waals surface area (Å²) >= 11 is 1.55. The van der Waals surface area contributed by atoms with Gasteiger partial charge in [-0.05, 0) is 35.2 Å². The van der Waals surface area contributed by atoms with E-state index in [0.717, 1.165) is 5.56 Å². The van der Waals surface area contributed by atoms with Crippen molar-refractivity contribution < 1.29 is 19.4 Å². The fourth-order valence-corrected chi connectivity index (χ4v) is 1.93. The van der Waals surface area contributed by atoms with E-state index in [1.54, 1.807) is 11.3 Å². The molecule has 0 aliphatic heterocycles. The Morgan fingerprint density at radius 1 is 1.60 bits per heavy atom. The predicted octanol–water partition coefficient (Wildman–Crippen LogP) is 1.55. The molecule has 5 heteroatoms. The van der Waals surface area contributed by atoms with Gasteiger partial charge in [-0.1, -0.05) is 0 Å². The highest BCUT2D eigenvalue weighted by atomic mass is 32.1. The van der Waals surface area contributed by atoms with Gasteiger partial charge in [-0.15, -0.1) is 0 Å². The number of hydrogen-bond acceptors (Lipinski definition) is 4. The quantitative estimate of drug-likeness (QED) is 0.613. The average molecular weight is 228 g/mol. The molecule has 1 heterocycles. The molecule has 4 nitrogen and oxygen atoms in total. The first kappa shape index (κ1) is 11.7. The molecule has 0 bridgehead atoms. The summed E-state index contributed by atoms with van der Waals surface area (Å²) in [6.45, 7) is 0. The second-order valence-electron chi connectivity index (χ2n) is 3.08. The lowest BCUT2D eigenvalue weighted by Crippen LogP contribution is -2.25. The molecule has 1 N–H and O–H groups in total. The van der Waals surface area contributed by atoms with Crippen molar-refractivity contribution in [3.8, 4) is 0 Å². The fraction of sp³-hybridized carbons (Fsp3) is 0.400. The topological polar surface area (TPSA) is 63.6 Å². The maximum atomic E-state index is 11.1. The zero-order chi connectivity index (χ0) is 11.3. The molecule has 0 aromatic carbocycles. The lowest BCUT2D eigenvalue weighted by atomic mass is 10.0. The number of carboxylic acids is 1. The Bertz CT molecular complexity index is 331. The van der Waals surface area contributed by atoms with E-state index in [9.17, 15) is 9.59 Å². The standard InChI is InChI=1S/C10H12O4S/c1-14-10(13)8(9(11)12)3-2-7-4-5-15-6-7/h4-6,8H,2-3H2,1H3,(H,11,12). The smallest absolute Gasteiger partial charge is 0.320 e. The molecule has 0 amide bonds. The van der Waals surface area contributed by atoms with Gasteiger partial charge >= 0.3 is 11.9 Å². The molecule has 1 unspecified atom stereocenters. The van der Waals surface area contributed by atoms with Crippen LogP contribution < -0.4 is 0 Å². The summed E-state index contributed by atoms with van der Waals surface area (Å²) in [5.41, 5.74) is 1.05. The Kier molecular flexibility index (Phi) is 4.30. The van der Waals surface area contributed by atoms with E-state index in [1.807, 2.05) is 16.8 Å². The molecule has 82 valence electrons. The largest absolute Gasteiger partial charge is 0.481 e. The molecule has 1 rings (SSSR count). The van der Waals surface area contributed by atoms with Crippen LogP contribution in [0.3, 0.4) is 0 Å². The number of methoxy groups -OCH3 is 1. The number of aliphatic carboxylic acids is 1. The SMILES string of the molecule is COC(=O)C(CCc1ccsc1)C(=O)O. The van der Waals surface area contributed by atoms with Gasteiger partial charge in [-0.25, -0.2) is 0 Å². The van der Waals surface area contributed by atoms with Gasteiger partial charge in [0.15, 0.2) is 5.92 Å². The number of aryl methyl sites for hydroxylation is 1. The third-order valence-corrected chi connectivity index (χ3v) is 2.82. The monoisotopic (exact) mass is 228 g/mol. The van der Waals surface area contributed by atoms with Crippen molar-refractivity contribution >= 4 is 23.3 Å². The van der Waals surface area contributed by atoms with Crippen LogP contribution in [0.5, 0.6) is 0 Å². The van der Waals surface area contributed by atoms with Crippen molar-refractivity contribution in [1.29, 1.82) is 0 Å². The van der Waals surface area contributed by atoms with Crippen LogP contribution in [0.25, 0.3) is 0 Å². The fourth-order valence-electron chi connectivity index (χ4n) is 1.23. The summed E-state index contributed by atoms with van der Waals surface area (Å²) in [5.74, 6) is -2.87. The maximum absolute atomic E-state index is 11.1. The Morgan fingerprint density at radius 3 is 2.80 bits per heavy atom. The van der Waals surface area contributed by atoms with Gasteiger partial charge in [0.1, 0.15) is 0 Å². The highest BCUT2D eigenvalue weighted by Crippen LogP contribution is 2.14. The Balaban J connectivity index is 2.52. The molecule has 1 aromatic rings. The van der Waals surface area contributed by atoms with Crippen molar-refractivity contribution in [2.24, 2.45) is 5.92 Å². The van der Waals surface area contributed by atoms with Gasteiger partial charge in [-0.3, -0.25) is 9.59 Å². The summed E-state index contributed by atoms with van der Waals surface area (Å²) in [5, 5.41) is 12.7. The molecule has 0 saturated carbocycles.